The summed E-state index contributed by atoms with van der Waals surface area (Å²) in [5.41, 5.74) is -0.130. The number of carbonyl (C=O) groups excluding carboxylic acids is 2. The van der Waals surface area contributed by atoms with E-state index in [1.807, 2.05) is 0 Å². The maximum absolute atomic E-state index is 12.5. The number of ether oxygens (including phenoxy) is 1. The van der Waals surface area contributed by atoms with Gasteiger partial charge in [0, 0.05) is 37.1 Å². The van der Waals surface area contributed by atoms with E-state index in [9.17, 15) is 28.1 Å². The number of nitro groups is 1. The van der Waals surface area contributed by atoms with Gasteiger partial charge in [0.15, 0.2) is 6.10 Å². The molecule has 12 heteroatoms. The van der Waals surface area contributed by atoms with Crippen molar-refractivity contribution in [2.75, 3.05) is 18.4 Å². The molecular formula is C18H20N4O7S. The van der Waals surface area contributed by atoms with Gasteiger partial charge in [0.25, 0.3) is 11.6 Å². The van der Waals surface area contributed by atoms with Gasteiger partial charge in [-0.15, -0.1) is 0 Å². The zero-order valence-corrected chi connectivity index (χ0v) is 16.8. The van der Waals surface area contributed by atoms with Crippen molar-refractivity contribution in [3.63, 3.8) is 0 Å². The zero-order chi connectivity index (χ0) is 21.9. The summed E-state index contributed by atoms with van der Waals surface area (Å²) in [5, 5.41) is 13.2. The number of hydrogen-bond donors (Lipinski definition) is 2. The molecule has 1 aliphatic heterocycles. The summed E-state index contributed by atoms with van der Waals surface area (Å²) in [4.78, 5) is 37.2. The van der Waals surface area contributed by atoms with Gasteiger partial charge in [-0.1, -0.05) is 6.07 Å². The Hall–Kier alpha value is -3.25. The number of rotatable bonds is 7. The van der Waals surface area contributed by atoms with Crippen LogP contribution in [0.4, 0.5) is 11.4 Å². The highest BCUT2D eigenvalue weighted by molar-refractivity contribution is 7.89. The monoisotopic (exact) mass is 436 g/mol. The second-order valence-corrected chi connectivity index (χ2v) is 8.64. The lowest BCUT2D eigenvalue weighted by molar-refractivity contribution is -0.384. The van der Waals surface area contributed by atoms with Gasteiger partial charge in [-0.3, -0.25) is 14.9 Å². The molecule has 1 saturated heterocycles. The number of anilines is 1. The van der Waals surface area contributed by atoms with Gasteiger partial charge in [-0.2, -0.15) is 4.31 Å². The summed E-state index contributed by atoms with van der Waals surface area (Å²) in [6, 6.07) is 6.48. The third-order valence-electron chi connectivity index (χ3n) is 4.56. The number of nitrogens with zero attached hydrogens (tertiary/aromatic N) is 2. The topological polar surface area (TPSA) is 152 Å². The van der Waals surface area contributed by atoms with Crippen molar-refractivity contribution >= 4 is 33.3 Å². The Morgan fingerprint density at radius 3 is 2.63 bits per heavy atom. The Bertz CT molecular complexity index is 1070. The van der Waals surface area contributed by atoms with Crippen LogP contribution in [0.2, 0.25) is 0 Å². The van der Waals surface area contributed by atoms with E-state index in [0.29, 0.717) is 13.1 Å². The van der Waals surface area contributed by atoms with Gasteiger partial charge in [-0.05, 0) is 31.9 Å². The molecule has 2 heterocycles. The van der Waals surface area contributed by atoms with Crippen LogP contribution in [0.5, 0.6) is 0 Å². The minimum Gasteiger partial charge on any atom is -0.448 e. The van der Waals surface area contributed by atoms with E-state index >= 15 is 0 Å². The molecule has 1 unspecified atom stereocenters. The number of esters is 1. The number of sulfonamides is 1. The molecular weight excluding hydrogens is 416 g/mol. The van der Waals surface area contributed by atoms with Gasteiger partial charge >= 0.3 is 5.97 Å². The van der Waals surface area contributed by atoms with Crippen LogP contribution in [-0.2, 0) is 19.6 Å². The quantitative estimate of drug-likeness (QED) is 0.382. The van der Waals surface area contributed by atoms with Crippen molar-refractivity contribution in [1.29, 1.82) is 0 Å². The molecule has 1 aromatic carbocycles. The predicted molar refractivity (Wildman–Crippen MR) is 105 cm³/mol. The molecule has 1 fully saturated rings. The number of hydrogen-bond acceptors (Lipinski definition) is 7. The van der Waals surface area contributed by atoms with E-state index in [1.165, 1.54) is 47.8 Å². The highest BCUT2D eigenvalue weighted by Crippen LogP contribution is 2.22. The maximum atomic E-state index is 12.5. The molecule has 160 valence electrons. The fourth-order valence-electron chi connectivity index (χ4n) is 2.94. The number of nitro benzene ring substituents is 1. The van der Waals surface area contributed by atoms with E-state index in [-0.39, 0.29) is 22.0 Å². The minimum absolute atomic E-state index is 0.0509. The van der Waals surface area contributed by atoms with Gasteiger partial charge in [0.05, 0.1) is 4.92 Å². The Balaban J connectivity index is 1.63. The molecule has 3 rings (SSSR count). The van der Waals surface area contributed by atoms with Crippen molar-refractivity contribution < 1.29 is 27.7 Å². The average Bonchev–Trinajstić information content (AvgIpc) is 3.40. The summed E-state index contributed by atoms with van der Waals surface area (Å²) in [7, 11) is -3.69. The van der Waals surface area contributed by atoms with Gasteiger partial charge in [0.1, 0.15) is 10.6 Å². The smallest absolute Gasteiger partial charge is 0.355 e. The molecule has 11 nitrogen and oxygen atoms in total. The lowest BCUT2D eigenvalue weighted by atomic mass is 10.2. The van der Waals surface area contributed by atoms with Crippen molar-refractivity contribution in [3.8, 4) is 0 Å². The van der Waals surface area contributed by atoms with E-state index in [0.717, 1.165) is 12.8 Å². The number of aromatic amines is 1. The van der Waals surface area contributed by atoms with Crippen LogP contribution in [0.15, 0.2) is 41.4 Å². The van der Waals surface area contributed by atoms with Crippen LogP contribution < -0.4 is 5.32 Å². The number of carbonyl (C=O) groups is 2. The lowest BCUT2D eigenvalue weighted by Crippen LogP contribution is -2.30. The molecule has 1 aromatic heterocycles. The van der Waals surface area contributed by atoms with Crippen LogP contribution in [0, 0.1) is 10.1 Å². The lowest BCUT2D eigenvalue weighted by Gasteiger charge is -2.14. The fraction of sp³-hybridized carbons (Fsp3) is 0.333. The molecule has 0 saturated carbocycles. The number of H-pyrrole nitrogens is 1. The van der Waals surface area contributed by atoms with Crippen molar-refractivity contribution in [1.82, 2.24) is 9.29 Å². The Labute approximate surface area is 172 Å². The summed E-state index contributed by atoms with van der Waals surface area (Å²) < 4.78 is 31.5. The third kappa shape index (κ3) is 4.66. The molecule has 2 aromatic rings. The molecule has 0 spiro atoms. The Kier molecular flexibility index (Phi) is 6.17. The van der Waals surface area contributed by atoms with Crippen LogP contribution in [-0.4, -0.2) is 53.7 Å². The van der Waals surface area contributed by atoms with Crippen LogP contribution in [0.1, 0.15) is 30.3 Å². The highest BCUT2D eigenvalue weighted by atomic mass is 32.2. The summed E-state index contributed by atoms with van der Waals surface area (Å²) >= 11 is 0. The van der Waals surface area contributed by atoms with Crippen molar-refractivity contribution in [3.05, 3.63) is 52.3 Å². The summed E-state index contributed by atoms with van der Waals surface area (Å²) in [6.07, 6.45) is 1.56. The molecule has 1 aliphatic rings. The number of benzene rings is 1. The highest BCUT2D eigenvalue weighted by Gasteiger charge is 2.29. The molecule has 30 heavy (non-hydrogen) atoms. The van der Waals surface area contributed by atoms with Crippen molar-refractivity contribution in [2.45, 2.75) is 30.8 Å². The molecule has 1 atom stereocenters. The number of non-ortho nitro benzene ring substituents is 1. The maximum Gasteiger partial charge on any atom is 0.355 e. The fourth-order valence-corrected chi connectivity index (χ4v) is 4.45. The molecule has 1 amide bonds. The first-order valence-electron chi connectivity index (χ1n) is 9.13. The van der Waals surface area contributed by atoms with E-state index in [2.05, 4.69) is 10.3 Å². The first-order valence-corrected chi connectivity index (χ1v) is 10.6. The minimum atomic E-state index is -3.69. The first kappa shape index (κ1) is 21.5. The largest absolute Gasteiger partial charge is 0.448 e. The SMILES string of the molecule is CC(OC(=O)c1cc(S(=O)(=O)N2CCCC2)c[nH]1)C(=O)Nc1cccc([N+](=O)[O-])c1. The van der Waals surface area contributed by atoms with E-state index in [1.54, 1.807) is 0 Å². The van der Waals surface area contributed by atoms with E-state index < -0.39 is 32.9 Å². The summed E-state index contributed by atoms with van der Waals surface area (Å²) in [6.45, 7) is 2.19. The third-order valence-corrected chi connectivity index (χ3v) is 6.43. The Morgan fingerprint density at radius 1 is 1.27 bits per heavy atom. The second-order valence-electron chi connectivity index (χ2n) is 6.70. The molecule has 0 bridgehead atoms. The Morgan fingerprint density at radius 2 is 1.97 bits per heavy atom. The first-order chi connectivity index (χ1) is 14.2. The normalized spacial score (nSPS) is 15.5. The van der Waals surface area contributed by atoms with Gasteiger partial charge < -0.3 is 15.0 Å². The number of amides is 1. The average molecular weight is 436 g/mol. The molecule has 0 aliphatic carbocycles. The molecule has 2 N–H and O–H groups in total. The van der Waals surface area contributed by atoms with Crippen LogP contribution in [0.25, 0.3) is 0 Å². The van der Waals surface area contributed by atoms with Crippen molar-refractivity contribution in [2.24, 2.45) is 0 Å². The predicted octanol–water partition coefficient (Wildman–Crippen LogP) is 1.89. The standard InChI is InChI=1S/C18H20N4O7S/c1-12(17(23)20-13-5-4-6-14(9-13)22(25)26)29-18(24)16-10-15(11-19-16)30(27,28)21-7-2-3-8-21/h4-6,9-12,19H,2-3,7-8H2,1H3,(H,20,23). The number of nitrogens with one attached hydrogen (secondary N) is 2. The van der Waals surface area contributed by atoms with E-state index in [4.69, 9.17) is 4.74 Å². The van der Waals surface area contributed by atoms with Crippen LogP contribution in [0.3, 0.4) is 0 Å². The summed E-state index contributed by atoms with van der Waals surface area (Å²) in [5.74, 6) is -1.60. The molecule has 0 radical (unpaired) electrons. The van der Waals surface area contributed by atoms with Gasteiger partial charge in [-0.25, -0.2) is 13.2 Å². The van der Waals surface area contributed by atoms with Gasteiger partial charge in [0.2, 0.25) is 10.0 Å². The van der Waals surface area contributed by atoms with Crippen LogP contribution >= 0.6 is 0 Å². The number of aromatic nitrogens is 1. The second kappa shape index (κ2) is 8.63. The zero-order valence-electron chi connectivity index (χ0n) is 16.0.